The first-order valence-corrected chi connectivity index (χ1v) is 18.5. The molecular formula is C39H51N5O10. The van der Waals surface area contributed by atoms with Gasteiger partial charge in [0.15, 0.2) is 6.10 Å². The van der Waals surface area contributed by atoms with Gasteiger partial charge in [0.05, 0.1) is 0 Å². The molecular weight excluding hydrogens is 698 g/mol. The number of nitrogens with one attached hydrogen (secondary N) is 1. The van der Waals surface area contributed by atoms with Crippen LogP contribution in [0.4, 0.5) is 15.3 Å². The second-order valence-electron chi connectivity index (χ2n) is 14.1. The maximum atomic E-state index is 14.0. The van der Waals surface area contributed by atoms with Crippen molar-refractivity contribution in [1.82, 2.24) is 19.6 Å². The first-order chi connectivity index (χ1) is 25.9. The number of carbonyl (C=O) groups excluding carboxylic acids is 3. The number of piperazine rings is 1. The average Bonchev–Trinajstić information content (AvgIpc) is 3.34. The number of phenols is 1. The number of aromatic hydroxyl groups is 1. The summed E-state index contributed by atoms with van der Waals surface area (Å²) in [6.45, 7) is 9.50. The van der Waals surface area contributed by atoms with E-state index < -0.39 is 24.1 Å². The van der Waals surface area contributed by atoms with E-state index in [0.29, 0.717) is 63.8 Å². The number of carbonyl (C=O) groups is 5. The summed E-state index contributed by atoms with van der Waals surface area (Å²) in [6, 6.07) is 12.0. The van der Waals surface area contributed by atoms with E-state index in [4.69, 9.17) is 19.7 Å². The summed E-state index contributed by atoms with van der Waals surface area (Å²) in [7, 11) is 0. The molecule has 54 heavy (non-hydrogen) atoms. The van der Waals surface area contributed by atoms with E-state index in [-0.39, 0.29) is 30.2 Å². The largest absolute Gasteiger partial charge is 0.507 e. The number of nitrogens with zero attached hydrogens (tertiary/aromatic N) is 4. The lowest BCUT2D eigenvalue weighted by Crippen LogP contribution is -2.56. The number of anilines is 1. The zero-order chi connectivity index (χ0) is 38.8. The Labute approximate surface area is 315 Å². The predicted octanol–water partition coefficient (Wildman–Crippen LogP) is 3.65. The highest BCUT2D eigenvalue weighted by Crippen LogP contribution is 2.27. The number of hydrogen-bond donors (Lipinski definition) is 4. The molecule has 4 amide bonds. The van der Waals surface area contributed by atoms with E-state index in [2.05, 4.69) is 10.2 Å². The van der Waals surface area contributed by atoms with Crippen LogP contribution in [-0.4, -0.2) is 142 Å². The van der Waals surface area contributed by atoms with Crippen molar-refractivity contribution in [2.75, 3.05) is 64.3 Å². The third-order valence-electron chi connectivity index (χ3n) is 10.5. The maximum absolute atomic E-state index is 14.0. The van der Waals surface area contributed by atoms with Gasteiger partial charge in [0.2, 0.25) is 0 Å². The number of likely N-dealkylation sites (tertiary alicyclic amines) is 1. The molecule has 3 saturated heterocycles. The van der Waals surface area contributed by atoms with Gasteiger partial charge < -0.3 is 44.8 Å². The van der Waals surface area contributed by atoms with Gasteiger partial charge in [0, 0.05) is 95.4 Å². The molecule has 15 nitrogen and oxygen atoms in total. The second kappa shape index (κ2) is 18.7. The first-order valence-electron chi connectivity index (χ1n) is 18.5. The fraction of sp³-hybridized carbons (Fsp3) is 0.513. The van der Waals surface area contributed by atoms with Crippen LogP contribution in [0, 0.1) is 13.8 Å². The molecule has 15 heteroatoms. The van der Waals surface area contributed by atoms with Crippen molar-refractivity contribution >= 4 is 35.7 Å². The van der Waals surface area contributed by atoms with E-state index in [0.717, 1.165) is 73.5 Å². The second-order valence-corrected chi connectivity index (χ2v) is 14.1. The van der Waals surface area contributed by atoms with Crippen LogP contribution in [0.2, 0.25) is 0 Å². The van der Waals surface area contributed by atoms with E-state index in [1.165, 1.54) is 0 Å². The minimum atomic E-state index is -1.26. The Morgan fingerprint density at radius 3 is 2.07 bits per heavy atom. The van der Waals surface area contributed by atoms with Gasteiger partial charge in [-0.05, 0) is 74.3 Å². The van der Waals surface area contributed by atoms with Crippen LogP contribution in [-0.2, 0) is 36.7 Å². The van der Waals surface area contributed by atoms with E-state index in [1.54, 1.807) is 4.90 Å². The van der Waals surface area contributed by atoms with E-state index in [9.17, 15) is 29.1 Å². The van der Waals surface area contributed by atoms with Crippen molar-refractivity contribution in [1.29, 1.82) is 0 Å². The Morgan fingerprint density at radius 2 is 1.46 bits per heavy atom. The zero-order valence-corrected chi connectivity index (χ0v) is 30.9. The minimum Gasteiger partial charge on any atom is -0.507 e. The number of phenolic OH excluding ortho intramolecular Hbond substituents is 1. The lowest BCUT2D eigenvalue weighted by Gasteiger charge is -2.41. The fourth-order valence-corrected chi connectivity index (χ4v) is 7.56. The molecule has 4 aliphatic rings. The molecule has 0 saturated carbocycles. The molecule has 3 fully saturated rings. The molecule has 4 aliphatic heterocycles. The van der Waals surface area contributed by atoms with E-state index in [1.807, 2.05) is 60.0 Å². The molecule has 1 atom stereocenters. The Morgan fingerprint density at radius 1 is 0.852 bits per heavy atom. The Hall–Kier alpha value is -5.15. The molecule has 0 aromatic heterocycles. The van der Waals surface area contributed by atoms with Crippen LogP contribution in [0.15, 0.2) is 48.6 Å². The zero-order valence-electron chi connectivity index (χ0n) is 30.9. The minimum absolute atomic E-state index is 0.0192. The first kappa shape index (κ1) is 40.0. The van der Waals surface area contributed by atoms with Crippen LogP contribution in [0.25, 0.3) is 0 Å². The van der Waals surface area contributed by atoms with Gasteiger partial charge >= 0.3 is 24.1 Å². The van der Waals surface area contributed by atoms with Crippen molar-refractivity contribution in [3.63, 3.8) is 0 Å². The van der Waals surface area contributed by atoms with Gasteiger partial charge in [0.1, 0.15) is 5.75 Å². The number of rotatable bonds is 8. The van der Waals surface area contributed by atoms with Crippen molar-refractivity contribution < 1.29 is 48.8 Å². The molecule has 292 valence electrons. The lowest BCUT2D eigenvalue weighted by atomic mass is 10.00. The van der Waals surface area contributed by atoms with Gasteiger partial charge in [-0.2, -0.15) is 0 Å². The van der Waals surface area contributed by atoms with Crippen LogP contribution in [0.3, 0.4) is 0 Å². The van der Waals surface area contributed by atoms with Gasteiger partial charge in [0.25, 0.3) is 5.91 Å². The number of urea groups is 1. The molecule has 0 aliphatic carbocycles. The van der Waals surface area contributed by atoms with Crippen molar-refractivity contribution in [3.8, 4) is 5.75 Å². The topological polar surface area (TPSA) is 189 Å². The number of para-hydroxylation sites is 1. The van der Waals surface area contributed by atoms with Crippen molar-refractivity contribution in [3.05, 3.63) is 70.8 Å². The normalized spacial score (nSPS) is 19.2. The van der Waals surface area contributed by atoms with Gasteiger partial charge in [-0.1, -0.05) is 30.3 Å². The molecule has 0 bridgehead atoms. The molecule has 4 N–H and O–H groups in total. The fourth-order valence-electron chi connectivity index (χ4n) is 7.56. The number of hydrogen-bond acceptors (Lipinski definition) is 9. The Balaban J connectivity index is 0.000000631. The van der Waals surface area contributed by atoms with Crippen molar-refractivity contribution in [2.45, 2.75) is 70.6 Å². The Kier molecular flexibility index (Phi) is 13.9. The third-order valence-corrected chi connectivity index (χ3v) is 10.5. The van der Waals surface area contributed by atoms with Crippen molar-refractivity contribution in [2.24, 2.45) is 0 Å². The molecule has 0 radical (unpaired) electrons. The maximum Gasteiger partial charge on any atom is 0.410 e. The van der Waals surface area contributed by atoms with Gasteiger partial charge in [-0.15, -0.1) is 0 Å². The summed E-state index contributed by atoms with van der Waals surface area (Å²) in [5.74, 6) is -2.46. The lowest BCUT2D eigenvalue weighted by molar-refractivity contribution is -0.143. The number of amides is 4. The summed E-state index contributed by atoms with van der Waals surface area (Å²) in [6.07, 6.45) is 3.96. The summed E-state index contributed by atoms with van der Waals surface area (Å²) < 4.78 is 11.6. The number of aliphatic carboxylic acids is 2. The predicted molar refractivity (Wildman–Crippen MR) is 198 cm³/mol. The molecule has 2 aromatic rings. The summed E-state index contributed by atoms with van der Waals surface area (Å²) in [4.78, 5) is 67.5. The number of carboxylic acids is 2. The van der Waals surface area contributed by atoms with E-state index >= 15 is 0 Å². The summed E-state index contributed by atoms with van der Waals surface area (Å²) >= 11 is 0. The number of piperidine rings is 1. The van der Waals surface area contributed by atoms with Crippen LogP contribution < -0.4 is 5.32 Å². The van der Waals surface area contributed by atoms with Crippen LogP contribution in [0.1, 0.15) is 47.9 Å². The summed E-state index contributed by atoms with van der Waals surface area (Å²) in [5, 5.41) is 29.0. The number of aryl methyl sites for hydroxylation is 2. The molecule has 0 spiro atoms. The SMILES string of the molecule is Cc1cc(C[C@@H](OC(=O)N2CCC(N3CCc4ccccc4NC3=O)CC2)C(=O)N2CCN(C3CCOCC3)CC2)cc(C)c1O.O=C(O)/C=C/C(=O)O. The number of ether oxygens (including phenoxy) is 2. The quantitative estimate of drug-likeness (QED) is 0.289. The monoisotopic (exact) mass is 749 g/mol. The Bertz CT molecular complexity index is 1660. The van der Waals surface area contributed by atoms with Crippen LogP contribution >= 0.6 is 0 Å². The van der Waals surface area contributed by atoms with Gasteiger partial charge in [-0.3, -0.25) is 9.69 Å². The highest BCUT2D eigenvalue weighted by Gasteiger charge is 2.36. The number of fused-ring (bicyclic) bond motifs is 1. The number of carboxylic acid groups (broad SMARTS) is 2. The van der Waals surface area contributed by atoms with Gasteiger partial charge in [-0.25, -0.2) is 19.2 Å². The molecule has 4 heterocycles. The molecule has 6 rings (SSSR count). The number of benzene rings is 2. The third kappa shape index (κ3) is 10.7. The summed E-state index contributed by atoms with van der Waals surface area (Å²) in [5.41, 5.74) is 4.27. The highest BCUT2D eigenvalue weighted by atomic mass is 16.6. The van der Waals surface area contributed by atoms with Crippen LogP contribution in [0.5, 0.6) is 5.75 Å². The molecule has 2 aromatic carbocycles. The highest BCUT2D eigenvalue weighted by molar-refractivity contribution is 5.91. The molecule has 0 unspecified atom stereocenters. The smallest absolute Gasteiger partial charge is 0.410 e. The average molecular weight is 750 g/mol. The standard InChI is InChI=1S/C35H47N5O6.C4H4O4/c1-24-21-26(22-25(2)32(24)41)23-31(33(42)38-17-15-37(16-18-38)28-10-19-45-20-11-28)46-35(44)39-12-8-29(9-13-39)40-14-7-27-5-3-4-6-30(27)36-34(40)43;5-3(6)1-2-4(7)8/h3-6,21-22,28-29,31,41H,7-20,23H2,1-2H3,(H,36,43);1-2H,(H,5,6)(H,7,8)/b;2-1+/t31-;/m1./s1.